The number of nitrogens with one attached hydrogen (secondary N) is 1. The third-order valence-corrected chi connectivity index (χ3v) is 4.22. The summed E-state index contributed by atoms with van der Waals surface area (Å²) in [6.07, 6.45) is 0.795. The number of ether oxygens (including phenoxy) is 1. The van der Waals surface area contributed by atoms with Crippen LogP contribution >= 0.6 is 12.2 Å². The number of hydrogen-bond acceptors (Lipinski definition) is 5. The van der Waals surface area contributed by atoms with Crippen LogP contribution in [0, 0.1) is 0 Å². The summed E-state index contributed by atoms with van der Waals surface area (Å²) in [5.41, 5.74) is 5.35. The van der Waals surface area contributed by atoms with Crippen molar-refractivity contribution in [2.45, 2.75) is 38.0 Å². The molecule has 8 heteroatoms. The van der Waals surface area contributed by atoms with Gasteiger partial charge in [-0.1, -0.05) is 19.1 Å². The molecule has 0 aromatic heterocycles. The van der Waals surface area contributed by atoms with Crippen LogP contribution < -0.4 is 10.5 Å². The monoisotopic (exact) mass is 282 g/mol. The van der Waals surface area contributed by atoms with Crippen LogP contribution in [-0.2, 0) is 19.6 Å². The number of methoxy groups -OCH3 is 1. The summed E-state index contributed by atoms with van der Waals surface area (Å²) >= 11 is 4.72. The minimum atomic E-state index is -3.77. The third kappa shape index (κ3) is 5.42. The zero-order valence-corrected chi connectivity index (χ0v) is 11.7. The Labute approximate surface area is 107 Å². The van der Waals surface area contributed by atoms with E-state index >= 15 is 0 Å². The van der Waals surface area contributed by atoms with Crippen molar-refractivity contribution in [1.82, 2.24) is 4.72 Å². The standard InChI is InChI=1S/C9H18N2O4S2/c1-4-7(5-8(10)16)11-17(13,14)6(2)9(12)15-3/h6-7,11H,4-5H2,1-3H3,(H2,10,16). The van der Waals surface area contributed by atoms with Crippen LogP contribution in [-0.4, -0.2) is 37.8 Å². The Morgan fingerprint density at radius 1 is 1.53 bits per heavy atom. The van der Waals surface area contributed by atoms with Crippen LogP contribution in [0.1, 0.15) is 26.7 Å². The molecule has 0 aliphatic heterocycles. The predicted molar refractivity (Wildman–Crippen MR) is 69.0 cm³/mol. The first-order valence-corrected chi connectivity index (χ1v) is 7.07. The summed E-state index contributed by atoms with van der Waals surface area (Å²) in [7, 11) is -2.63. The van der Waals surface area contributed by atoms with Crippen LogP contribution in [0.15, 0.2) is 0 Å². The molecule has 0 radical (unpaired) electrons. The average molecular weight is 282 g/mol. The van der Waals surface area contributed by atoms with E-state index in [0.29, 0.717) is 6.42 Å². The van der Waals surface area contributed by atoms with Gasteiger partial charge in [0.05, 0.1) is 12.1 Å². The van der Waals surface area contributed by atoms with E-state index in [1.807, 2.05) is 0 Å². The van der Waals surface area contributed by atoms with Crippen molar-refractivity contribution >= 4 is 33.2 Å². The van der Waals surface area contributed by atoms with Crippen molar-refractivity contribution in [2.24, 2.45) is 5.73 Å². The van der Waals surface area contributed by atoms with Gasteiger partial charge in [-0.2, -0.15) is 0 Å². The number of carbonyl (C=O) groups is 1. The molecule has 0 saturated carbocycles. The highest BCUT2D eigenvalue weighted by Gasteiger charge is 2.30. The van der Waals surface area contributed by atoms with Crippen molar-refractivity contribution in [1.29, 1.82) is 0 Å². The number of rotatable bonds is 7. The van der Waals surface area contributed by atoms with E-state index < -0.39 is 27.3 Å². The maximum atomic E-state index is 11.8. The summed E-state index contributed by atoms with van der Waals surface area (Å²) < 4.78 is 30.4. The zero-order chi connectivity index (χ0) is 13.6. The number of nitrogens with two attached hydrogens (primary N) is 1. The van der Waals surface area contributed by atoms with Gasteiger partial charge in [0.2, 0.25) is 10.0 Å². The van der Waals surface area contributed by atoms with Crippen molar-refractivity contribution in [3.8, 4) is 0 Å². The topological polar surface area (TPSA) is 98.5 Å². The first-order chi connectivity index (χ1) is 7.74. The zero-order valence-electron chi connectivity index (χ0n) is 10.1. The highest BCUT2D eigenvalue weighted by Crippen LogP contribution is 2.06. The lowest BCUT2D eigenvalue weighted by atomic mass is 10.2. The van der Waals surface area contributed by atoms with Crippen LogP contribution in [0.2, 0.25) is 0 Å². The normalized spacial score (nSPS) is 15.0. The molecule has 0 heterocycles. The first-order valence-electron chi connectivity index (χ1n) is 5.11. The molecule has 0 aromatic carbocycles. The lowest BCUT2D eigenvalue weighted by molar-refractivity contribution is -0.139. The first kappa shape index (κ1) is 16.3. The highest BCUT2D eigenvalue weighted by atomic mass is 32.2. The molecular weight excluding hydrogens is 264 g/mol. The summed E-state index contributed by atoms with van der Waals surface area (Å²) in [5, 5.41) is -1.26. The molecular formula is C9H18N2O4S2. The molecule has 100 valence electrons. The van der Waals surface area contributed by atoms with Gasteiger partial charge in [0.25, 0.3) is 0 Å². The Balaban J connectivity index is 4.72. The van der Waals surface area contributed by atoms with E-state index in [9.17, 15) is 13.2 Å². The van der Waals surface area contributed by atoms with Crippen LogP contribution in [0.3, 0.4) is 0 Å². The molecule has 0 fully saturated rings. The van der Waals surface area contributed by atoms with Gasteiger partial charge in [0, 0.05) is 12.5 Å². The molecule has 2 atom stereocenters. The largest absolute Gasteiger partial charge is 0.468 e. The number of sulfonamides is 1. The SMILES string of the molecule is CCC(CC(N)=S)NS(=O)(=O)C(C)C(=O)OC. The van der Waals surface area contributed by atoms with E-state index in [-0.39, 0.29) is 11.4 Å². The smallest absolute Gasteiger partial charge is 0.325 e. The fraction of sp³-hybridized carbons (Fsp3) is 0.778. The van der Waals surface area contributed by atoms with Crippen LogP contribution in [0.4, 0.5) is 0 Å². The molecule has 0 aromatic rings. The molecule has 0 rings (SSSR count). The molecule has 0 spiro atoms. The third-order valence-electron chi connectivity index (χ3n) is 2.27. The summed E-state index contributed by atoms with van der Waals surface area (Å²) in [6, 6.07) is -0.399. The van der Waals surface area contributed by atoms with Crippen LogP contribution in [0.25, 0.3) is 0 Å². The Bertz CT molecular complexity index is 380. The van der Waals surface area contributed by atoms with E-state index in [1.165, 1.54) is 6.92 Å². The van der Waals surface area contributed by atoms with Gasteiger partial charge in [0.15, 0.2) is 5.25 Å². The number of carbonyl (C=O) groups excluding carboxylic acids is 1. The molecule has 3 N–H and O–H groups in total. The van der Waals surface area contributed by atoms with Crippen molar-refractivity contribution in [3.05, 3.63) is 0 Å². The van der Waals surface area contributed by atoms with Crippen LogP contribution in [0.5, 0.6) is 0 Å². The van der Waals surface area contributed by atoms with Gasteiger partial charge in [0.1, 0.15) is 0 Å². The maximum Gasteiger partial charge on any atom is 0.325 e. The molecule has 0 aliphatic rings. The fourth-order valence-electron chi connectivity index (χ4n) is 1.14. The lowest BCUT2D eigenvalue weighted by Crippen LogP contribution is -2.44. The maximum absolute atomic E-state index is 11.8. The molecule has 0 amide bonds. The second-order valence-electron chi connectivity index (χ2n) is 3.60. The molecule has 0 bridgehead atoms. The van der Waals surface area contributed by atoms with Crippen molar-refractivity contribution < 1.29 is 17.9 Å². The van der Waals surface area contributed by atoms with Gasteiger partial charge < -0.3 is 10.5 Å². The lowest BCUT2D eigenvalue weighted by Gasteiger charge is -2.18. The minimum absolute atomic E-state index is 0.227. The van der Waals surface area contributed by atoms with E-state index in [2.05, 4.69) is 9.46 Å². The molecule has 17 heavy (non-hydrogen) atoms. The van der Waals surface area contributed by atoms with E-state index in [4.69, 9.17) is 18.0 Å². The Morgan fingerprint density at radius 2 is 2.06 bits per heavy atom. The number of hydrogen-bond donors (Lipinski definition) is 2. The summed E-state index contributed by atoms with van der Waals surface area (Å²) in [6.45, 7) is 3.07. The van der Waals surface area contributed by atoms with Gasteiger partial charge in [-0.25, -0.2) is 13.1 Å². The highest BCUT2D eigenvalue weighted by molar-refractivity contribution is 7.90. The number of thiocarbonyl (C=S) groups is 1. The van der Waals surface area contributed by atoms with Crippen molar-refractivity contribution in [2.75, 3.05) is 7.11 Å². The molecule has 6 nitrogen and oxygen atoms in total. The quantitative estimate of drug-likeness (QED) is 0.501. The van der Waals surface area contributed by atoms with E-state index in [1.54, 1.807) is 6.92 Å². The molecule has 0 aliphatic carbocycles. The second kappa shape index (κ2) is 6.87. The van der Waals surface area contributed by atoms with Gasteiger partial charge in [-0.3, -0.25) is 4.79 Å². The van der Waals surface area contributed by atoms with Gasteiger partial charge >= 0.3 is 5.97 Å². The minimum Gasteiger partial charge on any atom is -0.468 e. The number of esters is 1. The second-order valence-corrected chi connectivity index (χ2v) is 6.16. The Hall–Kier alpha value is -0.730. The van der Waals surface area contributed by atoms with Gasteiger partial charge in [-0.15, -0.1) is 0 Å². The van der Waals surface area contributed by atoms with E-state index in [0.717, 1.165) is 7.11 Å². The molecule has 2 unspecified atom stereocenters. The molecule has 0 saturated heterocycles. The summed E-state index contributed by atoms with van der Waals surface area (Å²) in [5.74, 6) is -0.803. The summed E-state index contributed by atoms with van der Waals surface area (Å²) in [4.78, 5) is 11.4. The average Bonchev–Trinajstić information content (AvgIpc) is 2.24. The predicted octanol–water partition coefficient (Wildman–Crippen LogP) is -0.0779. The fourth-order valence-corrected chi connectivity index (χ4v) is 2.61. The van der Waals surface area contributed by atoms with Crippen molar-refractivity contribution in [3.63, 3.8) is 0 Å². The Morgan fingerprint density at radius 3 is 2.41 bits per heavy atom. The van der Waals surface area contributed by atoms with Gasteiger partial charge in [-0.05, 0) is 13.3 Å². The Kier molecular flexibility index (Phi) is 6.58.